The fourth-order valence-corrected chi connectivity index (χ4v) is 2.40. The van der Waals surface area contributed by atoms with E-state index in [0.29, 0.717) is 22.0 Å². The van der Waals surface area contributed by atoms with Gasteiger partial charge in [-0.1, -0.05) is 29.8 Å². The average Bonchev–Trinajstić information content (AvgIpc) is 2.84. The van der Waals surface area contributed by atoms with Crippen molar-refractivity contribution in [2.24, 2.45) is 0 Å². The summed E-state index contributed by atoms with van der Waals surface area (Å²) in [6.45, 7) is 0. The zero-order valence-corrected chi connectivity index (χ0v) is 13.0. The summed E-state index contributed by atoms with van der Waals surface area (Å²) >= 11 is 5.84. The number of hydrogen-bond acceptors (Lipinski definition) is 3. The average molecular weight is 329 g/mol. The van der Waals surface area contributed by atoms with Gasteiger partial charge in [-0.2, -0.15) is 0 Å². The highest BCUT2D eigenvalue weighted by Crippen LogP contribution is 2.25. The second-order valence-electron chi connectivity index (χ2n) is 4.86. The maximum Gasteiger partial charge on any atom is 0.282 e. The number of anilines is 1. The third-order valence-corrected chi connectivity index (χ3v) is 3.67. The van der Waals surface area contributed by atoms with Crippen molar-refractivity contribution in [1.82, 2.24) is 5.43 Å². The molecule has 2 aromatic rings. The molecule has 0 spiro atoms. The van der Waals surface area contributed by atoms with Crippen LogP contribution in [0.3, 0.4) is 0 Å². The molecule has 0 unspecified atom stereocenters. The SMILES string of the molecule is COc1ccccc1C=C1C(=O)NN(c2ccc(Cl)cc2)C1=O. The number of carbonyl (C=O) groups is 2. The van der Waals surface area contributed by atoms with E-state index in [1.165, 1.54) is 18.2 Å². The molecule has 0 radical (unpaired) electrons. The first kappa shape index (κ1) is 15.1. The molecule has 1 fully saturated rings. The van der Waals surface area contributed by atoms with Gasteiger partial charge >= 0.3 is 0 Å². The van der Waals surface area contributed by atoms with Gasteiger partial charge in [0.2, 0.25) is 0 Å². The molecular formula is C17H13ClN2O3. The minimum atomic E-state index is -0.462. The largest absolute Gasteiger partial charge is 0.496 e. The van der Waals surface area contributed by atoms with Gasteiger partial charge in [0.05, 0.1) is 12.8 Å². The fourth-order valence-electron chi connectivity index (χ4n) is 2.27. The molecule has 1 N–H and O–H groups in total. The summed E-state index contributed by atoms with van der Waals surface area (Å²) in [5, 5.41) is 1.75. The van der Waals surface area contributed by atoms with Crippen LogP contribution in [-0.2, 0) is 9.59 Å². The molecule has 6 heteroatoms. The number of nitrogens with zero attached hydrogens (tertiary/aromatic N) is 1. The molecule has 116 valence electrons. The molecule has 1 aliphatic heterocycles. The second-order valence-corrected chi connectivity index (χ2v) is 5.29. The third-order valence-electron chi connectivity index (χ3n) is 3.42. The lowest BCUT2D eigenvalue weighted by atomic mass is 10.1. The number of methoxy groups -OCH3 is 1. The van der Waals surface area contributed by atoms with Crippen LogP contribution in [0.5, 0.6) is 5.75 Å². The smallest absolute Gasteiger partial charge is 0.282 e. The molecule has 0 atom stereocenters. The molecule has 5 nitrogen and oxygen atoms in total. The Balaban J connectivity index is 1.95. The van der Waals surface area contributed by atoms with Crippen molar-refractivity contribution in [2.75, 3.05) is 12.1 Å². The van der Waals surface area contributed by atoms with Gasteiger partial charge in [-0.15, -0.1) is 0 Å². The summed E-state index contributed by atoms with van der Waals surface area (Å²) in [6.07, 6.45) is 1.52. The highest BCUT2D eigenvalue weighted by Gasteiger charge is 2.34. The van der Waals surface area contributed by atoms with Gasteiger partial charge in [0.15, 0.2) is 0 Å². The van der Waals surface area contributed by atoms with Crippen LogP contribution in [0.25, 0.3) is 6.08 Å². The normalized spacial score (nSPS) is 15.9. The highest BCUT2D eigenvalue weighted by atomic mass is 35.5. The maximum absolute atomic E-state index is 12.5. The molecule has 0 aromatic heterocycles. The summed E-state index contributed by atoms with van der Waals surface area (Å²) in [5.74, 6) is -0.301. The minimum absolute atomic E-state index is 0.0458. The summed E-state index contributed by atoms with van der Waals surface area (Å²) in [7, 11) is 1.54. The number of benzene rings is 2. The van der Waals surface area contributed by atoms with Crippen molar-refractivity contribution in [2.45, 2.75) is 0 Å². The summed E-state index contributed by atoms with van der Waals surface area (Å²) in [4.78, 5) is 24.6. The molecule has 3 rings (SSSR count). The van der Waals surface area contributed by atoms with Gasteiger partial charge in [0.1, 0.15) is 11.3 Å². The van der Waals surface area contributed by atoms with Crippen LogP contribution in [0.4, 0.5) is 5.69 Å². The molecule has 23 heavy (non-hydrogen) atoms. The van der Waals surface area contributed by atoms with Gasteiger partial charge < -0.3 is 4.74 Å². The van der Waals surface area contributed by atoms with Crippen molar-refractivity contribution in [1.29, 1.82) is 0 Å². The van der Waals surface area contributed by atoms with Crippen molar-refractivity contribution in [3.8, 4) is 5.75 Å². The number of hydrogen-bond donors (Lipinski definition) is 1. The van der Waals surface area contributed by atoms with Crippen molar-refractivity contribution in [3.63, 3.8) is 0 Å². The van der Waals surface area contributed by atoms with E-state index in [-0.39, 0.29) is 5.57 Å². The van der Waals surface area contributed by atoms with Crippen molar-refractivity contribution < 1.29 is 14.3 Å². The number of para-hydroxylation sites is 1. The lowest BCUT2D eigenvalue weighted by Gasteiger charge is -2.14. The van der Waals surface area contributed by atoms with Crippen LogP contribution in [-0.4, -0.2) is 18.9 Å². The molecule has 1 saturated heterocycles. The molecule has 2 amide bonds. The van der Waals surface area contributed by atoms with E-state index in [1.54, 1.807) is 36.4 Å². The van der Waals surface area contributed by atoms with E-state index in [1.807, 2.05) is 12.1 Å². The first-order chi connectivity index (χ1) is 11.1. The van der Waals surface area contributed by atoms with Crippen LogP contribution >= 0.6 is 11.6 Å². The van der Waals surface area contributed by atoms with Gasteiger partial charge in [0, 0.05) is 10.6 Å². The van der Waals surface area contributed by atoms with E-state index < -0.39 is 11.8 Å². The Morgan fingerprint density at radius 3 is 2.48 bits per heavy atom. The van der Waals surface area contributed by atoms with E-state index in [2.05, 4.69) is 5.43 Å². The Hall–Kier alpha value is -2.79. The number of hydrazine groups is 1. The van der Waals surface area contributed by atoms with Crippen LogP contribution in [0, 0.1) is 0 Å². The molecule has 2 aromatic carbocycles. The van der Waals surface area contributed by atoms with Crippen molar-refractivity contribution in [3.05, 3.63) is 64.7 Å². The number of rotatable bonds is 3. The lowest BCUT2D eigenvalue weighted by Crippen LogP contribution is -2.35. The van der Waals surface area contributed by atoms with E-state index >= 15 is 0 Å². The zero-order chi connectivity index (χ0) is 16.4. The Kier molecular flexibility index (Phi) is 4.04. The predicted octanol–water partition coefficient (Wildman–Crippen LogP) is 2.81. The summed E-state index contributed by atoms with van der Waals surface area (Å²) in [6, 6.07) is 13.8. The third kappa shape index (κ3) is 2.91. The topological polar surface area (TPSA) is 58.6 Å². The minimum Gasteiger partial charge on any atom is -0.496 e. The Morgan fingerprint density at radius 2 is 1.78 bits per heavy atom. The van der Waals surface area contributed by atoms with Crippen LogP contribution in [0.2, 0.25) is 5.02 Å². The zero-order valence-electron chi connectivity index (χ0n) is 12.2. The van der Waals surface area contributed by atoms with Gasteiger partial charge in [0.25, 0.3) is 11.8 Å². The second kappa shape index (κ2) is 6.14. The summed E-state index contributed by atoms with van der Waals surface area (Å²) in [5.41, 5.74) is 3.78. The first-order valence-electron chi connectivity index (χ1n) is 6.86. The van der Waals surface area contributed by atoms with Crippen molar-refractivity contribution >= 4 is 35.2 Å². The summed E-state index contributed by atoms with van der Waals surface area (Å²) < 4.78 is 5.23. The number of carbonyl (C=O) groups excluding carboxylic acids is 2. The van der Waals surface area contributed by atoms with Gasteiger partial charge in [-0.05, 0) is 36.4 Å². The molecule has 1 aliphatic rings. The van der Waals surface area contributed by atoms with E-state index in [9.17, 15) is 9.59 Å². The van der Waals surface area contributed by atoms with Crippen LogP contribution in [0.1, 0.15) is 5.56 Å². The van der Waals surface area contributed by atoms with Crippen LogP contribution < -0.4 is 15.2 Å². The Labute approximate surface area is 138 Å². The Bertz CT molecular complexity index is 800. The molecule has 0 bridgehead atoms. The molecule has 0 saturated carbocycles. The highest BCUT2D eigenvalue weighted by molar-refractivity contribution is 6.32. The van der Waals surface area contributed by atoms with Gasteiger partial charge in [-0.3, -0.25) is 15.0 Å². The maximum atomic E-state index is 12.5. The standard InChI is InChI=1S/C17H13ClN2O3/c1-23-15-5-3-2-4-11(15)10-14-16(21)19-20(17(14)22)13-8-6-12(18)7-9-13/h2-10H,1H3,(H,19,21). The van der Waals surface area contributed by atoms with Gasteiger partial charge in [-0.25, -0.2) is 5.01 Å². The number of amides is 2. The Morgan fingerprint density at radius 1 is 1.09 bits per heavy atom. The quantitative estimate of drug-likeness (QED) is 0.696. The monoisotopic (exact) mass is 328 g/mol. The number of halogens is 1. The van der Waals surface area contributed by atoms with E-state index in [4.69, 9.17) is 16.3 Å². The van der Waals surface area contributed by atoms with E-state index in [0.717, 1.165) is 0 Å². The number of nitrogens with one attached hydrogen (secondary N) is 1. The fraction of sp³-hybridized carbons (Fsp3) is 0.0588. The lowest BCUT2D eigenvalue weighted by molar-refractivity contribution is -0.117. The first-order valence-corrected chi connectivity index (χ1v) is 7.23. The van der Waals surface area contributed by atoms with Crippen LogP contribution in [0.15, 0.2) is 54.1 Å². The molecule has 1 heterocycles. The number of ether oxygens (including phenoxy) is 1. The predicted molar refractivity (Wildman–Crippen MR) is 88.1 cm³/mol. The molecule has 0 aliphatic carbocycles. The molecular weight excluding hydrogens is 316 g/mol.